The molecule has 1 aliphatic heterocycles. The second-order valence-electron chi connectivity index (χ2n) is 13.9. The molecule has 1 saturated heterocycles. The van der Waals surface area contributed by atoms with Gasteiger partial charge >= 0.3 is 0 Å². The van der Waals surface area contributed by atoms with Crippen LogP contribution in [0.4, 0.5) is 10.3 Å². The Hall–Kier alpha value is -2.39. The van der Waals surface area contributed by atoms with Crippen LogP contribution in [0.1, 0.15) is 59.8 Å². The van der Waals surface area contributed by atoms with Crippen molar-refractivity contribution < 1.29 is 22.7 Å². The molecule has 3 atom stereocenters. The predicted octanol–water partition coefficient (Wildman–Crippen LogP) is 6.83. The predicted molar refractivity (Wildman–Crippen MR) is 164 cm³/mol. The number of hydrogen-bond donors (Lipinski definition) is 1. The molecule has 0 bridgehead atoms. The Morgan fingerprint density at radius 3 is 2.22 bits per heavy atom. The van der Waals surface area contributed by atoms with Crippen LogP contribution in [-0.2, 0) is 20.2 Å². The topological polar surface area (TPSA) is 107 Å². The van der Waals surface area contributed by atoms with E-state index in [2.05, 4.69) is 82.7 Å². The van der Waals surface area contributed by atoms with Gasteiger partial charge < -0.3 is 24.1 Å². The summed E-state index contributed by atoms with van der Waals surface area (Å²) in [7, 11) is -4.24. The minimum Gasteiger partial charge on any atom is -0.471 e. The van der Waals surface area contributed by atoms with Gasteiger partial charge in [-0.15, -0.1) is 0 Å². The summed E-state index contributed by atoms with van der Waals surface area (Å²) in [5, 5.41) is 0.0353. The average molecular weight is 604 g/mol. The van der Waals surface area contributed by atoms with E-state index in [1.54, 1.807) is 0 Å². The zero-order valence-corrected chi connectivity index (χ0v) is 28.1. The number of hydrogen-bond acceptors (Lipinski definition) is 8. The third-order valence-corrected chi connectivity index (χ3v) is 17.8. The van der Waals surface area contributed by atoms with Gasteiger partial charge in [0.05, 0.1) is 12.7 Å². The van der Waals surface area contributed by atoms with E-state index < -0.39 is 28.9 Å². The van der Waals surface area contributed by atoms with Crippen molar-refractivity contribution in [3.63, 3.8) is 0 Å². The van der Waals surface area contributed by atoms with Crippen LogP contribution in [0.25, 0.3) is 11.2 Å². The van der Waals surface area contributed by atoms with Crippen molar-refractivity contribution in [2.24, 2.45) is 0 Å². The van der Waals surface area contributed by atoms with Crippen LogP contribution in [0, 0.1) is 6.08 Å². The summed E-state index contributed by atoms with van der Waals surface area (Å²) in [5.74, 6) is 0.0884. The van der Waals surface area contributed by atoms with Crippen molar-refractivity contribution in [3.05, 3.63) is 42.0 Å². The van der Waals surface area contributed by atoms with E-state index in [9.17, 15) is 0 Å². The van der Waals surface area contributed by atoms with Gasteiger partial charge in [-0.25, -0.2) is 0 Å². The highest BCUT2D eigenvalue weighted by Crippen LogP contribution is 2.43. The minimum absolute atomic E-state index is 0.00442. The molecule has 12 heteroatoms. The molecule has 9 nitrogen and oxygen atoms in total. The zero-order valence-electron chi connectivity index (χ0n) is 26.1. The van der Waals surface area contributed by atoms with Crippen molar-refractivity contribution in [2.45, 2.75) is 109 Å². The smallest absolute Gasteiger partial charge is 0.293 e. The second-order valence-corrected chi connectivity index (χ2v) is 23.5. The van der Waals surface area contributed by atoms with Crippen molar-refractivity contribution in [1.29, 1.82) is 0 Å². The van der Waals surface area contributed by atoms with Crippen molar-refractivity contribution in [2.75, 3.05) is 12.3 Å². The van der Waals surface area contributed by atoms with E-state index in [-0.39, 0.29) is 51.9 Å². The molecule has 0 radical (unpaired) electrons. The largest absolute Gasteiger partial charge is 0.471 e. The number of rotatable bonds is 9. The van der Waals surface area contributed by atoms with Crippen molar-refractivity contribution in [1.82, 2.24) is 19.5 Å². The minimum atomic E-state index is -2.17. The monoisotopic (exact) mass is 603 g/mol. The number of nitrogen functional groups attached to an aromatic ring is 1. The Morgan fingerprint density at radius 2 is 1.61 bits per heavy atom. The summed E-state index contributed by atoms with van der Waals surface area (Å²) in [5.41, 5.74) is 7.40. The number of nitrogens with zero attached hydrogens (tertiary/aromatic N) is 4. The van der Waals surface area contributed by atoms with Gasteiger partial charge in [0, 0.05) is 6.42 Å². The van der Waals surface area contributed by atoms with Gasteiger partial charge in [-0.3, -0.25) is 4.57 Å². The number of imidazole rings is 1. The zero-order chi connectivity index (χ0) is 30.4. The molecule has 3 aromatic rings. The van der Waals surface area contributed by atoms with Crippen LogP contribution in [0.3, 0.4) is 0 Å². The summed E-state index contributed by atoms with van der Waals surface area (Å²) in [6.07, 6.45) is -1.70. The van der Waals surface area contributed by atoms with Gasteiger partial charge in [-0.05, 0) is 41.8 Å². The van der Waals surface area contributed by atoms with Gasteiger partial charge in [-0.2, -0.15) is 19.3 Å². The Kier molecular flexibility index (Phi) is 8.74. The lowest BCUT2D eigenvalue weighted by atomic mass is 10.2. The number of aromatic nitrogens is 4. The standard InChI is InChI=1S/C29H46FN5O4Si2/c1-28(2,3)40(7,8)37-18-21-20(39-41(9,10)29(4,5)6)16-22(38-21)35-24-23(32-26(35)30)25(34-27(31)33-24)36-17-19-14-12-11-13-15-19/h11-15,20-22H,16-18H2,1-10H3,(H2,31,33,34). The fraction of sp³-hybridized carbons (Fsp3) is 0.621. The molecule has 3 heterocycles. The van der Waals surface area contributed by atoms with E-state index in [1.807, 2.05) is 30.3 Å². The SMILES string of the molecule is CC(C)(C)[Si](C)(C)OCC1OC(n2c(F)nc3c(OCc4ccccc4)nc(N)nc32)CC1O[Si](C)(C)C(C)(C)C. The van der Waals surface area contributed by atoms with Crippen LogP contribution in [0.15, 0.2) is 30.3 Å². The van der Waals surface area contributed by atoms with Gasteiger partial charge in [0.2, 0.25) is 11.8 Å². The Bertz CT molecular complexity index is 1360. The van der Waals surface area contributed by atoms with E-state index in [1.165, 1.54) is 4.57 Å². The lowest BCUT2D eigenvalue weighted by Crippen LogP contribution is -2.48. The molecule has 0 aliphatic carbocycles. The van der Waals surface area contributed by atoms with Gasteiger partial charge in [0.1, 0.15) is 18.9 Å². The maximum Gasteiger partial charge on any atom is 0.293 e. The van der Waals surface area contributed by atoms with Crippen LogP contribution >= 0.6 is 0 Å². The quantitative estimate of drug-likeness (QED) is 0.210. The molecular weight excluding hydrogens is 558 g/mol. The number of benzene rings is 1. The molecule has 0 saturated carbocycles. The van der Waals surface area contributed by atoms with Crippen LogP contribution in [0.2, 0.25) is 36.3 Å². The Labute approximate surface area is 245 Å². The molecule has 1 fully saturated rings. The Morgan fingerprint density at radius 1 is 0.976 bits per heavy atom. The maximum absolute atomic E-state index is 15.6. The molecule has 2 N–H and O–H groups in total. The fourth-order valence-corrected chi connectivity index (χ4v) is 6.59. The van der Waals surface area contributed by atoms with Crippen molar-refractivity contribution >= 4 is 33.7 Å². The first-order valence-corrected chi connectivity index (χ1v) is 20.1. The molecule has 0 amide bonds. The van der Waals surface area contributed by atoms with Crippen LogP contribution in [0.5, 0.6) is 5.88 Å². The molecule has 226 valence electrons. The average Bonchev–Trinajstić information content (AvgIpc) is 3.39. The number of fused-ring (bicyclic) bond motifs is 1. The summed E-state index contributed by atoms with van der Waals surface area (Å²) < 4.78 is 42.8. The maximum atomic E-state index is 15.6. The van der Waals surface area contributed by atoms with Crippen LogP contribution < -0.4 is 10.5 Å². The normalized spacial score (nSPS) is 20.6. The Balaban J connectivity index is 1.65. The fourth-order valence-electron chi connectivity index (χ4n) is 4.21. The van der Waals surface area contributed by atoms with E-state index in [0.29, 0.717) is 13.0 Å². The van der Waals surface area contributed by atoms with Gasteiger partial charge in [-0.1, -0.05) is 71.9 Å². The molecule has 41 heavy (non-hydrogen) atoms. The first kappa shape index (κ1) is 31.5. The lowest BCUT2D eigenvalue weighted by molar-refractivity contribution is -0.0418. The second kappa shape index (κ2) is 11.4. The first-order valence-electron chi connectivity index (χ1n) is 14.2. The van der Waals surface area contributed by atoms with E-state index >= 15 is 4.39 Å². The molecule has 3 unspecified atom stereocenters. The van der Waals surface area contributed by atoms with Gasteiger partial charge in [0.15, 0.2) is 27.8 Å². The third-order valence-electron chi connectivity index (χ3n) is 8.84. The first-order chi connectivity index (χ1) is 18.9. The summed E-state index contributed by atoms with van der Waals surface area (Å²) in [4.78, 5) is 12.7. The van der Waals surface area contributed by atoms with Gasteiger partial charge in [0.25, 0.3) is 6.08 Å². The van der Waals surface area contributed by atoms with E-state index in [0.717, 1.165) is 5.56 Å². The van der Waals surface area contributed by atoms with Crippen LogP contribution in [-0.4, -0.2) is 55.0 Å². The number of halogens is 1. The highest BCUT2D eigenvalue weighted by Gasteiger charge is 2.47. The summed E-state index contributed by atoms with van der Waals surface area (Å²) in [6.45, 7) is 22.7. The molecule has 1 aromatic carbocycles. The highest BCUT2D eigenvalue weighted by atomic mass is 28.4. The highest BCUT2D eigenvalue weighted by molar-refractivity contribution is 6.74. The molecule has 0 spiro atoms. The number of anilines is 1. The summed E-state index contributed by atoms with van der Waals surface area (Å²) >= 11 is 0. The number of ether oxygens (including phenoxy) is 2. The molecular formula is C29H46FN5O4Si2. The summed E-state index contributed by atoms with van der Waals surface area (Å²) in [6, 6.07) is 9.63. The molecule has 1 aliphatic rings. The third kappa shape index (κ3) is 6.82. The van der Waals surface area contributed by atoms with E-state index in [4.69, 9.17) is 24.1 Å². The number of nitrogens with two attached hydrogens (primary N) is 1. The van der Waals surface area contributed by atoms with Crippen molar-refractivity contribution in [3.8, 4) is 5.88 Å². The molecule has 2 aromatic heterocycles. The molecule has 4 rings (SSSR count). The lowest BCUT2D eigenvalue weighted by Gasteiger charge is -2.40.